The topological polar surface area (TPSA) is 103 Å². The highest BCUT2D eigenvalue weighted by molar-refractivity contribution is 7.89. The van der Waals surface area contributed by atoms with E-state index in [1.165, 1.54) is 24.3 Å². The molecule has 1 heterocycles. The molecule has 0 atom stereocenters. The molecule has 3 aromatic rings. The molecule has 0 radical (unpaired) electrons. The third-order valence-electron chi connectivity index (χ3n) is 4.50. The lowest BCUT2D eigenvalue weighted by molar-refractivity contribution is -0.144. The van der Waals surface area contributed by atoms with Crippen LogP contribution in [0.4, 0.5) is 0 Å². The molecule has 31 heavy (non-hydrogen) atoms. The molecule has 1 N–H and O–H groups in total. The second kappa shape index (κ2) is 9.82. The van der Waals surface area contributed by atoms with Gasteiger partial charge in [0.1, 0.15) is 17.1 Å². The molecule has 0 aliphatic carbocycles. The molecule has 10 heteroatoms. The summed E-state index contributed by atoms with van der Waals surface area (Å²) in [6.07, 6.45) is 0.564. The third-order valence-corrected chi connectivity index (χ3v) is 6.92. The van der Waals surface area contributed by atoms with Crippen LogP contribution in [0.2, 0.25) is 10.0 Å². The highest BCUT2D eigenvalue weighted by Crippen LogP contribution is 2.28. The predicted octanol–water partition coefficient (Wildman–Crippen LogP) is 4.07. The fourth-order valence-electron chi connectivity index (χ4n) is 2.94. The standard InChI is InChI=1S/C21H19Cl2NO6S/c1-2-13-6-7-15-14(11-20(26)30-18(15)10-13)12-29-19(25)8-9-24-31(27,28)21-16(22)4-3-5-17(21)23/h3-7,10-11,24H,2,8-9,12H2,1H3. The monoisotopic (exact) mass is 483 g/mol. The number of fused-ring (bicyclic) bond motifs is 1. The van der Waals surface area contributed by atoms with Crippen molar-refractivity contribution in [2.24, 2.45) is 0 Å². The maximum Gasteiger partial charge on any atom is 0.336 e. The van der Waals surface area contributed by atoms with Gasteiger partial charge in [-0.25, -0.2) is 17.9 Å². The summed E-state index contributed by atoms with van der Waals surface area (Å²) in [4.78, 5) is 23.6. The Morgan fingerprint density at radius 1 is 1.13 bits per heavy atom. The average Bonchev–Trinajstić information content (AvgIpc) is 2.70. The van der Waals surface area contributed by atoms with Crippen molar-refractivity contribution in [2.75, 3.05) is 6.54 Å². The Morgan fingerprint density at radius 3 is 2.52 bits per heavy atom. The van der Waals surface area contributed by atoms with Crippen molar-refractivity contribution in [1.29, 1.82) is 0 Å². The van der Waals surface area contributed by atoms with Gasteiger partial charge in [0.15, 0.2) is 0 Å². The molecule has 164 valence electrons. The zero-order valence-corrected chi connectivity index (χ0v) is 18.8. The quantitative estimate of drug-likeness (QED) is 0.382. The largest absolute Gasteiger partial charge is 0.461 e. The van der Waals surface area contributed by atoms with Gasteiger partial charge in [-0.3, -0.25) is 4.79 Å². The Bertz CT molecular complexity index is 1270. The van der Waals surface area contributed by atoms with Gasteiger partial charge >= 0.3 is 11.6 Å². The van der Waals surface area contributed by atoms with Crippen LogP contribution in [0.1, 0.15) is 24.5 Å². The van der Waals surface area contributed by atoms with Crippen LogP contribution in [0.15, 0.2) is 56.6 Å². The normalized spacial score (nSPS) is 11.6. The first-order chi connectivity index (χ1) is 14.7. The molecule has 0 fully saturated rings. The Hall–Kier alpha value is -2.39. The Kier molecular flexibility index (Phi) is 7.38. The number of benzene rings is 2. The van der Waals surface area contributed by atoms with Crippen molar-refractivity contribution in [1.82, 2.24) is 4.72 Å². The van der Waals surface area contributed by atoms with E-state index in [0.717, 1.165) is 12.0 Å². The minimum absolute atomic E-state index is 0.0244. The molecule has 0 bridgehead atoms. The fraction of sp³-hybridized carbons (Fsp3) is 0.238. The van der Waals surface area contributed by atoms with E-state index in [9.17, 15) is 18.0 Å². The molecule has 1 aromatic heterocycles. The number of halogens is 2. The van der Waals surface area contributed by atoms with E-state index in [1.54, 1.807) is 6.07 Å². The number of hydrogen-bond donors (Lipinski definition) is 1. The third kappa shape index (κ3) is 5.65. The van der Waals surface area contributed by atoms with Crippen LogP contribution in [0, 0.1) is 0 Å². The first kappa shape index (κ1) is 23.3. The Morgan fingerprint density at radius 2 is 1.84 bits per heavy atom. The van der Waals surface area contributed by atoms with Gasteiger partial charge in [-0.15, -0.1) is 0 Å². The summed E-state index contributed by atoms with van der Waals surface area (Å²) in [6, 6.07) is 11.1. The molecular weight excluding hydrogens is 465 g/mol. The summed E-state index contributed by atoms with van der Waals surface area (Å²) in [7, 11) is -4.00. The molecule has 0 amide bonds. The van der Waals surface area contributed by atoms with Crippen LogP contribution in [-0.2, 0) is 32.6 Å². The van der Waals surface area contributed by atoms with Gasteiger partial charge < -0.3 is 9.15 Å². The van der Waals surface area contributed by atoms with Gasteiger partial charge in [-0.2, -0.15) is 0 Å². The lowest BCUT2D eigenvalue weighted by atomic mass is 10.1. The summed E-state index contributed by atoms with van der Waals surface area (Å²) in [6.45, 7) is 1.63. The SMILES string of the molecule is CCc1ccc2c(COC(=O)CCNS(=O)(=O)c3c(Cl)cccc3Cl)cc(=O)oc2c1. The van der Waals surface area contributed by atoms with Crippen LogP contribution in [-0.4, -0.2) is 20.9 Å². The predicted molar refractivity (Wildman–Crippen MR) is 118 cm³/mol. The lowest BCUT2D eigenvalue weighted by Gasteiger charge is -2.10. The van der Waals surface area contributed by atoms with Gasteiger partial charge in [-0.05, 0) is 30.2 Å². The van der Waals surface area contributed by atoms with Crippen molar-refractivity contribution < 1.29 is 22.4 Å². The van der Waals surface area contributed by atoms with Crippen LogP contribution in [0.3, 0.4) is 0 Å². The zero-order chi connectivity index (χ0) is 22.6. The highest BCUT2D eigenvalue weighted by atomic mass is 35.5. The van der Waals surface area contributed by atoms with Gasteiger partial charge in [0.2, 0.25) is 10.0 Å². The molecule has 3 rings (SSSR count). The van der Waals surface area contributed by atoms with E-state index in [4.69, 9.17) is 32.4 Å². The summed E-state index contributed by atoms with van der Waals surface area (Å²) in [5.74, 6) is -0.639. The number of nitrogens with one attached hydrogen (secondary N) is 1. The molecule has 7 nitrogen and oxygen atoms in total. The van der Waals surface area contributed by atoms with E-state index >= 15 is 0 Å². The van der Waals surface area contributed by atoms with E-state index in [-0.39, 0.29) is 34.5 Å². The maximum atomic E-state index is 12.4. The highest BCUT2D eigenvalue weighted by Gasteiger charge is 2.21. The Labute approximate surface area is 189 Å². The minimum Gasteiger partial charge on any atom is -0.461 e. The van der Waals surface area contributed by atoms with Gasteiger partial charge in [0, 0.05) is 23.6 Å². The molecule has 0 aliphatic heterocycles. The smallest absolute Gasteiger partial charge is 0.336 e. The van der Waals surface area contributed by atoms with Gasteiger partial charge in [-0.1, -0.05) is 48.3 Å². The molecule has 0 saturated heterocycles. The molecule has 0 saturated carbocycles. The van der Waals surface area contributed by atoms with E-state index in [2.05, 4.69) is 4.72 Å². The number of aryl methyl sites for hydroxylation is 1. The number of carbonyl (C=O) groups excluding carboxylic acids is 1. The van der Waals surface area contributed by atoms with E-state index < -0.39 is 21.6 Å². The zero-order valence-electron chi connectivity index (χ0n) is 16.5. The first-order valence-electron chi connectivity index (χ1n) is 9.36. The summed E-state index contributed by atoms with van der Waals surface area (Å²) >= 11 is 11.8. The second-order valence-corrected chi connectivity index (χ2v) is 9.15. The van der Waals surface area contributed by atoms with Crippen molar-refractivity contribution in [3.8, 4) is 0 Å². The van der Waals surface area contributed by atoms with E-state index in [1.807, 2.05) is 19.1 Å². The lowest BCUT2D eigenvalue weighted by Crippen LogP contribution is -2.27. The molecule has 0 spiro atoms. The molecule has 0 aliphatic rings. The number of ether oxygens (including phenoxy) is 1. The first-order valence-corrected chi connectivity index (χ1v) is 11.6. The number of sulfonamides is 1. The van der Waals surface area contributed by atoms with Crippen molar-refractivity contribution in [3.63, 3.8) is 0 Å². The average molecular weight is 484 g/mol. The fourth-order valence-corrected chi connectivity index (χ4v) is 5.11. The minimum atomic E-state index is -4.00. The Balaban J connectivity index is 1.62. The summed E-state index contributed by atoms with van der Waals surface area (Å²) in [5.41, 5.74) is 1.39. The molecule has 2 aromatic carbocycles. The van der Waals surface area contributed by atoms with E-state index in [0.29, 0.717) is 16.5 Å². The maximum absolute atomic E-state index is 12.4. The van der Waals surface area contributed by atoms with Crippen molar-refractivity contribution >= 4 is 50.2 Å². The number of carbonyl (C=O) groups is 1. The number of rotatable bonds is 8. The van der Waals surface area contributed by atoms with Gasteiger partial charge in [0.05, 0.1) is 16.5 Å². The van der Waals surface area contributed by atoms with Crippen LogP contribution in [0.5, 0.6) is 0 Å². The van der Waals surface area contributed by atoms with Crippen LogP contribution < -0.4 is 10.3 Å². The van der Waals surface area contributed by atoms with Crippen molar-refractivity contribution in [2.45, 2.75) is 31.3 Å². The number of hydrogen-bond acceptors (Lipinski definition) is 6. The summed E-state index contributed by atoms with van der Waals surface area (Å²) < 4.78 is 37.5. The molecular formula is C21H19Cl2NO6S. The second-order valence-electron chi connectivity index (χ2n) is 6.63. The van der Waals surface area contributed by atoms with Crippen molar-refractivity contribution in [3.05, 3.63) is 74.1 Å². The van der Waals surface area contributed by atoms with Crippen LogP contribution in [0.25, 0.3) is 11.0 Å². The molecule has 0 unspecified atom stereocenters. The van der Waals surface area contributed by atoms with Crippen LogP contribution >= 0.6 is 23.2 Å². The number of esters is 1. The van der Waals surface area contributed by atoms with Gasteiger partial charge in [0.25, 0.3) is 0 Å². The summed E-state index contributed by atoms with van der Waals surface area (Å²) in [5, 5.41) is 0.617.